The topological polar surface area (TPSA) is 66.4 Å². The monoisotopic (exact) mass is 389 g/mol. The zero-order valence-corrected chi connectivity index (χ0v) is 14.0. The molecule has 0 aromatic heterocycles. The van der Waals surface area contributed by atoms with Gasteiger partial charge in [-0.25, -0.2) is 8.42 Å². The number of aliphatic hydroxyl groups excluding tert-OH is 1. The molecule has 0 spiro atoms. The first-order chi connectivity index (χ1) is 9.89. The quantitative estimate of drug-likeness (QED) is 0.820. The molecule has 0 atom stereocenters. The van der Waals surface area contributed by atoms with Crippen LogP contribution in [-0.2, 0) is 22.4 Å². The highest BCUT2D eigenvalue weighted by molar-refractivity contribution is 9.10. The normalized spacial score (nSPS) is 11.4. The molecular weight excluding hydrogens is 378 g/mol. The van der Waals surface area contributed by atoms with Crippen LogP contribution in [0, 0.1) is 0 Å². The Labute approximate surface area is 136 Å². The highest BCUT2D eigenvalue weighted by Crippen LogP contribution is 2.26. The van der Waals surface area contributed by atoms with E-state index in [1.165, 1.54) is 0 Å². The fourth-order valence-corrected chi connectivity index (χ4v) is 3.42. The van der Waals surface area contributed by atoms with Crippen LogP contribution in [0.3, 0.4) is 0 Å². The molecule has 2 aromatic carbocycles. The summed E-state index contributed by atoms with van der Waals surface area (Å²) in [4.78, 5) is 0. The van der Waals surface area contributed by atoms with Crippen molar-refractivity contribution in [3.05, 3.63) is 63.1 Å². The van der Waals surface area contributed by atoms with Crippen molar-refractivity contribution >= 4 is 43.2 Å². The van der Waals surface area contributed by atoms with Gasteiger partial charge in [-0.1, -0.05) is 35.9 Å². The van der Waals surface area contributed by atoms with E-state index in [0.717, 1.165) is 5.56 Å². The second kappa shape index (κ2) is 6.79. The van der Waals surface area contributed by atoms with Crippen LogP contribution in [0.15, 0.2) is 46.9 Å². The first-order valence-electron chi connectivity index (χ1n) is 6.04. The van der Waals surface area contributed by atoms with Crippen LogP contribution in [0.1, 0.15) is 11.1 Å². The van der Waals surface area contributed by atoms with Gasteiger partial charge in [0, 0.05) is 10.2 Å². The number of halogens is 2. The van der Waals surface area contributed by atoms with Crippen LogP contribution < -0.4 is 4.72 Å². The van der Waals surface area contributed by atoms with E-state index in [-0.39, 0.29) is 12.4 Å². The lowest BCUT2D eigenvalue weighted by atomic mass is 10.2. The number of anilines is 1. The van der Waals surface area contributed by atoms with Gasteiger partial charge in [-0.2, -0.15) is 0 Å². The summed E-state index contributed by atoms with van der Waals surface area (Å²) in [6.45, 7) is -0.0654. The third kappa shape index (κ3) is 4.71. The van der Waals surface area contributed by atoms with Gasteiger partial charge in [-0.15, -0.1) is 0 Å². The van der Waals surface area contributed by atoms with Crippen LogP contribution in [0.2, 0.25) is 5.02 Å². The van der Waals surface area contributed by atoms with Gasteiger partial charge in [-0.05, 0) is 45.3 Å². The lowest BCUT2D eigenvalue weighted by Crippen LogP contribution is -2.15. The molecule has 2 rings (SSSR count). The van der Waals surface area contributed by atoms with Gasteiger partial charge in [0.25, 0.3) is 0 Å². The molecule has 0 heterocycles. The Kier molecular flexibility index (Phi) is 5.27. The molecule has 0 saturated carbocycles. The maximum atomic E-state index is 12.1. The van der Waals surface area contributed by atoms with E-state index in [1.54, 1.807) is 42.5 Å². The summed E-state index contributed by atoms with van der Waals surface area (Å²) in [6, 6.07) is 11.6. The Morgan fingerprint density at radius 1 is 1.10 bits per heavy atom. The number of rotatable bonds is 5. The Balaban J connectivity index is 2.12. The minimum atomic E-state index is -3.51. The Hall–Kier alpha value is -1.08. The SMILES string of the molecule is O=S(=O)(Cc1ccc(CO)cc1)Nc1ccc(Cl)c(Br)c1. The minimum Gasteiger partial charge on any atom is -0.392 e. The zero-order chi connectivity index (χ0) is 15.5. The maximum Gasteiger partial charge on any atom is 0.236 e. The molecule has 4 nitrogen and oxygen atoms in total. The fraction of sp³-hybridized carbons (Fsp3) is 0.143. The predicted molar refractivity (Wildman–Crippen MR) is 87.8 cm³/mol. The number of nitrogens with one attached hydrogen (secondary N) is 1. The van der Waals surface area contributed by atoms with Crippen LogP contribution in [0.25, 0.3) is 0 Å². The smallest absolute Gasteiger partial charge is 0.236 e. The van der Waals surface area contributed by atoms with Crippen LogP contribution in [0.5, 0.6) is 0 Å². The fourth-order valence-electron chi connectivity index (χ4n) is 1.74. The number of sulfonamides is 1. The van der Waals surface area contributed by atoms with Gasteiger partial charge in [0.1, 0.15) is 0 Å². The molecule has 2 N–H and O–H groups in total. The van der Waals surface area contributed by atoms with Crippen LogP contribution >= 0.6 is 27.5 Å². The third-order valence-electron chi connectivity index (χ3n) is 2.76. The molecule has 0 aliphatic rings. The number of hydrogen-bond donors (Lipinski definition) is 2. The number of benzene rings is 2. The van der Waals surface area contributed by atoms with E-state index >= 15 is 0 Å². The van der Waals surface area contributed by atoms with E-state index < -0.39 is 10.0 Å². The lowest BCUT2D eigenvalue weighted by Gasteiger charge is -2.09. The molecular formula is C14H13BrClNO3S. The molecule has 7 heteroatoms. The lowest BCUT2D eigenvalue weighted by molar-refractivity contribution is 0.282. The van der Waals surface area contributed by atoms with Gasteiger partial charge < -0.3 is 5.11 Å². The largest absolute Gasteiger partial charge is 0.392 e. The average molecular weight is 391 g/mol. The number of hydrogen-bond acceptors (Lipinski definition) is 3. The van der Waals surface area contributed by atoms with Crippen molar-refractivity contribution in [1.29, 1.82) is 0 Å². The molecule has 21 heavy (non-hydrogen) atoms. The minimum absolute atomic E-state index is 0.0654. The summed E-state index contributed by atoms with van der Waals surface area (Å²) < 4.78 is 27.3. The first-order valence-corrected chi connectivity index (χ1v) is 8.86. The molecule has 0 amide bonds. The molecule has 0 fully saturated rings. The molecule has 0 aliphatic carbocycles. The summed E-state index contributed by atoms with van der Waals surface area (Å²) in [5, 5.41) is 9.47. The molecule has 112 valence electrons. The molecule has 0 saturated heterocycles. The third-order valence-corrected chi connectivity index (χ3v) is 5.23. The van der Waals surface area contributed by atoms with E-state index in [1.807, 2.05) is 0 Å². The van der Waals surface area contributed by atoms with E-state index in [0.29, 0.717) is 20.7 Å². The second-order valence-electron chi connectivity index (χ2n) is 4.46. The molecule has 0 radical (unpaired) electrons. The maximum absolute atomic E-state index is 12.1. The molecule has 0 unspecified atom stereocenters. The molecule has 0 bridgehead atoms. The van der Waals surface area contributed by atoms with Gasteiger partial charge in [0.2, 0.25) is 10.0 Å². The van der Waals surface area contributed by atoms with Crippen molar-refractivity contribution in [3.63, 3.8) is 0 Å². The highest BCUT2D eigenvalue weighted by atomic mass is 79.9. The van der Waals surface area contributed by atoms with Gasteiger partial charge >= 0.3 is 0 Å². The van der Waals surface area contributed by atoms with Crippen molar-refractivity contribution in [2.24, 2.45) is 0 Å². The number of aliphatic hydroxyl groups is 1. The standard InChI is InChI=1S/C14H13BrClNO3S/c15-13-7-12(5-6-14(13)16)17-21(19,20)9-11-3-1-10(8-18)2-4-11/h1-7,17-18H,8-9H2. The summed E-state index contributed by atoms with van der Waals surface area (Å²) in [5.74, 6) is -0.140. The van der Waals surface area contributed by atoms with Gasteiger partial charge in [-0.3, -0.25) is 4.72 Å². The van der Waals surface area contributed by atoms with Crippen molar-refractivity contribution in [3.8, 4) is 0 Å². The Morgan fingerprint density at radius 2 is 1.71 bits per heavy atom. The van der Waals surface area contributed by atoms with Crippen molar-refractivity contribution in [2.75, 3.05) is 4.72 Å². The van der Waals surface area contributed by atoms with Crippen LogP contribution in [0.4, 0.5) is 5.69 Å². The highest BCUT2D eigenvalue weighted by Gasteiger charge is 2.12. The summed E-state index contributed by atoms with van der Waals surface area (Å²) in [5.41, 5.74) is 1.83. The van der Waals surface area contributed by atoms with Gasteiger partial charge in [0.15, 0.2) is 0 Å². The first kappa shape index (κ1) is 16.3. The van der Waals surface area contributed by atoms with Crippen molar-refractivity contribution in [2.45, 2.75) is 12.4 Å². The van der Waals surface area contributed by atoms with Crippen molar-refractivity contribution in [1.82, 2.24) is 0 Å². The summed E-state index contributed by atoms with van der Waals surface area (Å²) in [6.07, 6.45) is 0. The van der Waals surface area contributed by atoms with E-state index in [2.05, 4.69) is 20.7 Å². The Bertz CT molecular complexity index is 732. The second-order valence-corrected chi connectivity index (χ2v) is 7.45. The average Bonchev–Trinajstić information content (AvgIpc) is 2.43. The van der Waals surface area contributed by atoms with E-state index in [9.17, 15) is 8.42 Å². The van der Waals surface area contributed by atoms with Crippen LogP contribution in [-0.4, -0.2) is 13.5 Å². The summed E-state index contributed by atoms with van der Waals surface area (Å²) in [7, 11) is -3.51. The van der Waals surface area contributed by atoms with Gasteiger partial charge in [0.05, 0.1) is 17.4 Å². The van der Waals surface area contributed by atoms with E-state index in [4.69, 9.17) is 16.7 Å². The van der Waals surface area contributed by atoms with Crippen molar-refractivity contribution < 1.29 is 13.5 Å². The predicted octanol–water partition coefficient (Wildman–Crippen LogP) is 3.54. The molecule has 0 aliphatic heterocycles. The molecule has 2 aromatic rings. The zero-order valence-electron chi connectivity index (χ0n) is 10.9. The summed E-state index contributed by atoms with van der Waals surface area (Å²) >= 11 is 9.11. The Morgan fingerprint density at radius 3 is 2.29 bits per heavy atom.